The van der Waals surface area contributed by atoms with E-state index in [2.05, 4.69) is 22.4 Å². The average molecular weight is 292 g/mol. The third-order valence-corrected chi connectivity index (χ3v) is 4.30. The summed E-state index contributed by atoms with van der Waals surface area (Å²) in [5.41, 5.74) is 0.808. The van der Waals surface area contributed by atoms with E-state index in [-0.39, 0.29) is 5.41 Å². The molecule has 1 saturated heterocycles. The van der Waals surface area contributed by atoms with Crippen molar-refractivity contribution in [2.75, 3.05) is 13.1 Å². The van der Waals surface area contributed by atoms with Crippen LogP contribution in [0, 0.1) is 0 Å². The molecule has 106 valence electrons. The lowest BCUT2D eigenvalue weighted by atomic mass is 9.82. The standard InChI is InChI=1S/C15H18ClN3O/c1-2-7-15(8-9-17-10-15)14-18-13(19-20-14)11-5-3-4-6-12(11)16/h3-6,17H,2,7-10H2,1H3. The number of nitrogens with one attached hydrogen (secondary N) is 1. The first-order valence-electron chi connectivity index (χ1n) is 7.05. The molecule has 1 aliphatic heterocycles. The maximum Gasteiger partial charge on any atom is 0.234 e. The van der Waals surface area contributed by atoms with Gasteiger partial charge in [0.2, 0.25) is 11.7 Å². The molecule has 0 spiro atoms. The maximum absolute atomic E-state index is 6.19. The van der Waals surface area contributed by atoms with Crippen molar-refractivity contribution in [1.29, 1.82) is 0 Å². The van der Waals surface area contributed by atoms with Gasteiger partial charge in [-0.05, 0) is 31.5 Å². The van der Waals surface area contributed by atoms with E-state index in [9.17, 15) is 0 Å². The van der Waals surface area contributed by atoms with Crippen molar-refractivity contribution in [3.05, 3.63) is 35.2 Å². The van der Waals surface area contributed by atoms with Gasteiger partial charge in [-0.1, -0.05) is 42.2 Å². The SMILES string of the molecule is CCCC1(c2nc(-c3ccccc3Cl)no2)CCNC1. The Kier molecular flexibility index (Phi) is 3.76. The quantitative estimate of drug-likeness (QED) is 0.938. The summed E-state index contributed by atoms with van der Waals surface area (Å²) in [4.78, 5) is 4.61. The van der Waals surface area contributed by atoms with E-state index in [0.29, 0.717) is 10.8 Å². The highest BCUT2D eigenvalue weighted by atomic mass is 35.5. The molecule has 0 radical (unpaired) electrons. The average Bonchev–Trinajstić information content (AvgIpc) is 3.09. The molecule has 1 N–H and O–H groups in total. The summed E-state index contributed by atoms with van der Waals surface area (Å²) in [6, 6.07) is 7.57. The van der Waals surface area contributed by atoms with Crippen molar-refractivity contribution in [2.45, 2.75) is 31.6 Å². The van der Waals surface area contributed by atoms with E-state index < -0.39 is 0 Å². The van der Waals surface area contributed by atoms with E-state index in [1.54, 1.807) is 0 Å². The Balaban J connectivity index is 1.95. The van der Waals surface area contributed by atoms with Gasteiger partial charge in [-0.2, -0.15) is 4.98 Å². The summed E-state index contributed by atoms with van der Waals surface area (Å²) in [6.45, 7) is 4.10. The third kappa shape index (κ3) is 2.34. The first kappa shape index (κ1) is 13.6. The van der Waals surface area contributed by atoms with Crippen molar-refractivity contribution in [3.8, 4) is 11.4 Å². The van der Waals surface area contributed by atoms with Crippen molar-refractivity contribution < 1.29 is 4.52 Å². The van der Waals surface area contributed by atoms with Crippen molar-refractivity contribution in [1.82, 2.24) is 15.5 Å². The second kappa shape index (κ2) is 5.54. The van der Waals surface area contributed by atoms with Gasteiger partial charge in [0.25, 0.3) is 0 Å². The monoisotopic (exact) mass is 291 g/mol. The second-order valence-corrected chi connectivity index (χ2v) is 5.77. The molecule has 4 nitrogen and oxygen atoms in total. The van der Waals surface area contributed by atoms with Crippen LogP contribution >= 0.6 is 11.6 Å². The number of hydrogen-bond donors (Lipinski definition) is 1. The smallest absolute Gasteiger partial charge is 0.234 e. The van der Waals surface area contributed by atoms with Crippen LogP contribution in [0.2, 0.25) is 5.02 Å². The first-order chi connectivity index (χ1) is 9.75. The molecule has 0 amide bonds. The Bertz CT molecular complexity index is 590. The van der Waals surface area contributed by atoms with E-state index in [4.69, 9.17) is 16.1 Å². The van der Waals surface area contributed by atoms with Gasteiger partial charge in [-0.15, -0.1) is 0 Å². The van der Waals surface area contributed by atoms with Gasteiger partial charge in [0.05, 0.1) is 10.4 Å². The number of aromatic nitrogens is 2. The minimum Gasteiger partial charge on any atom is -0.338 e. The highest BCUT2D eigenvalue weighted by Crippen LogP contribution is 2.36. The molecule has 1 unspecified atom stereocenters. The number of rotatable bonds is 4. The fourth-order valence-corrected chi connectivity index (χ4v) is 3.14. The van der Waals surface area contributed by atoms with Crippen LogP contribution in [0.3, 0.4) is 0 Å². The predicted octanol–water partition coefficient (Wildman–Crippen LogP) is 3.42. The van der Waals surface area contributed by atoms with Crippen LogP contribution in [-0.4, -0.2) is 23.2 Å². The molecule has 1 fully saturated rings. The molecular weight excluding hydrogens is 274 g/mol. The predicted molar refractivity (Wildman–Crippen MR) is 78.8 cm³/mol. The number of nitrogens with zero attached hydrogens (tertiary/aromatic N) is 2. The Morgan fingerprint density at radius 1 is 1.40 bits per heavy atom. The summed E-state index contributed by atoms with van der Waals surface area (Å²) in [5, 5.41) is 8.17. The molecule has 1 aliphatic rings. The third-order valence-electron chi connectivity index (χ3n) is 3.97. The van der Waals surface area contributed by atoms with Gasteiger partial charge in [-0.3, -0.25) is 0 Å². The van der Waals surface area contributed by atoms with Crippen LogP contribution in [-0.2, 0) is 5.41 Å². The highest BCUT2D eigenvalue weighted by Gasteiger charge is 2.40. The molecule has 0 saturated carbocycles. The summed E-state index contributed by atoms with van der Waals surface area (Å²) in [7, 11) is 0. The molecule has 0 bridgehead atoms. The van der Waals surface area contributed by atoms with Crippen LogP contribution in [0.5, 0.6) is 0 Å². The molecule has 2 heterocycles. The van der Waals surface area contributed by atoms with Gasteiger partial charge >= 0.3 is 0 Å². The van der Waals surface area contributed by atoms with E-state index >= 15 is 0 Å². The fourth-order valence-electron chi connectivity index (χ4n) is 2.92. The van der Waals surface area contributed by atoms with Gasteiger partial charge < -0.3 is 9.84 Å². The number of halogens is 1. The Labute approximate surface area is 123 Å². The number of benzene rings is 1. The van der Waals surface area contributed by atoms with Crippen molar-refractivity contribution in [2.24, 2.45) is 0 Å². The topological polar surface area (TPSA) is 51.0 Å². The lowest BCUT2D eigenvalue weighted by Gasteiger charge is -2.22. The summed E-state index contributed by atoms with van der Waals surface area (Å²) in [6.07, 6.45) is 3.21. The normalized spacial score (nSPS) is 22.3. The maximum atomic E-state index is 6.19. The van der Waals surface area contributed by atoms with Crippen LogP contribution in [0.25, 0.3) is 11.4 Å². The van der Waals surface area contributed by atoms with Crippen LogP contribution in [0.1, 0.15) is 32.1 Å². The highest BCUT2D eigenvalue weighted by molar-refractivity contribution is 6.33. The Morgan fingerprint density at radius 3 is 2.95 bits per heavy atom. The van der Waals surface area contributed by atoms with Crippen molar-refractivity contribution >= 4 is 11.6 Å². The molecule has 5 heteroatoms. The van der Waals surface area contributed by atoms with E-state index in [1.807, 2.05) is 24.3 Å². The molecule has 1 aromatic carbocycles. The van der Waals surface area contributed by atoms with E-state index in [1.165, 1.54) is 0 Å². The van der Waals surface area contributed by atoms with E-state index in [0.717, 1.165) is 43.8 Å². The van der Waals surface area contributed by atoms with Gasteiger partial charge in [0.15, 0.2) is 0 Å². The largest absolute Gasteiger partial charge is 0.338 e. The molecule has 20 heavy (non-hydrogen) atoms. The zero-order valence-corrected chi connectivity index (χ0v) is 12.3. The Hall–Kier alpha value is -1.39. The zero-order valence-electron chi connectivity index (χ0n) is 11.5. The molecule has 1 aromatic heterocycles. The zero-order chi connectivity index (χ0) is 14.0. The minimum absolute atomic E-state index is 0.0126. The summed E-state index contributed by atoms with van der Waals surface area (Å²) < 4.78 is 5.55. The lowest BCUT2D eigenvalue weighted by Crippen LogP contribution is -2.29. The molecule has 3 rings (SSSR count). The van der Waals surface area contributed by atoms with Gasteiger partial charge in [0, 0.05) is 12.1 Å². The van der Waals surface area contributed by atoms with Crippen LogP contribution in [0.15, 0.2) is 28.8 Å². The van der Waals surface area contributed by atoms with Gasteiger partial charge in [0.1, 0.15) is 0 Å². The second-order valence-electron chi connectivity index (χ2n) is 5.36. The lowest BCUT2D eigenvalue weighted by molar-refractivity contribution is 0.277. The Morgan fingerprint density at radius 2 is 2.25 bits per heavy atom. The first-order valence-corrected chi connectivity index (χ1v) is 7.43. The molecular formula is C15H18ClN3O. The molecule has 0 aliphatic carbocycles. The summed E-state index contributed by atoms with van der Waals surface area (Å²) in [5.74, 6) is 1.31. The summed E-state index contributed by atoms with van der Waals surface area (Å²) >= 11 is 6.19. The molecule has 1 atom stereocenters. The molecule has 2 aromatic rings. The van der Waals surface area contributed by atoms with Crippen molar-refractivity contribution in [3.63, 3.8) is 0 Å². The van der Waals surface area contributed by atoms with Crippen LogP contribution < -0.4 is 5.32 Å². The fraction of sp³-hybridized carbons (Fsp3) is 0.467. The minimum atomic E-state index is -0.0126. The van der Waals surface area contributed by atoms with Gasteiger partial charge in [-0.25, -0.2) is 0 Å². The number of hydrogen-bond acceptors (Lipinski definition) is 4. The van der Waals surface area contributed by atoms with Crippen LogP contribution in [0.4, 0.5) is 0 Å².